The molecule has 1 nitrogen and oxygen atoms in total. The Morgan fingerprint density at radius 1 is 1.16 bits per heavy atom. The Morgan fingerprint density at radius 3 is 2.79 bits per heavy atom. The fraction of sp³-hybridized carbons (Fsp3) is 0.529. The van der Waals surface area contributed by atoms with Crippen LogP contribution in [0.5, 0.6) is 0 Å². The molecule has 0 spiro atoms. The lowest BCUT2D eigenvalue weighted by Gasteiger charge is -2.29. The maximum atomic E-state index is 3.73. The van der Waals surface area contributed by atoms with E-state index in [0.29, 0.717) is 6.04 Å². The first-order valence-corrected chi connectivity index (χ1v) is 8.47. The normalized spacial score (nSPS) is 23.6. The molecule has 2 heteroatoms. The zero-order valence-electron chi connectivity index (χ0n) is 11.7. The SMILES string of the molecule is CCCC1CCC(Nc2ccc3sccc3c2)CC1. The van der Waals surface area contributed by atoms with Crippen molar-refractivity contribution < 1.29 is 0 Å². The fourth-order valence-corrected chi connectivity index (χ4v) is 4.07. The maximum Gasteiger partial charge on any atom is 0.0349 e. The fourth-order valence-electron chi connectivity index (χ4n) is 3.30. The van der Waals surface area contributed by atoms with Gasteiger partial charge in [0.2, 0.25) is 0 Å². The van der Waals surface area contributed by atoms with Crippen LogP contribution >= 0.6 is 11.3 Å². The average Bonchev–Trinajstić information content (AvgIpc) is 2.89. The zero-order chi connectivity index (χ0) is 13.1. The Morgan fingerprint density at radius 2 is 2.00 bits per heavy atom. The molecule has 0 amide bonds. The van der Waals surface area contributed by atoms with Gasteiger partial charge in [0.05, 0.1) is 0 Å². The summed E-state index contributed by atoms with van der Waals surface area (Å²) in [6, 6.07) is 9.67. The lowest BCUT2D eigenvalue weighted by atomic mass is 9.83. The van der Waals surface area contributed by atoms with Gasteiger partial charge in [-0.25, -0.2) is 0 Å². The monoisotopic (exact) mass is 273 g/mol. The maximum absolute atomic E-state index is 3.73. The van der Waals surface area contributed by atoms with Crippen molar-refractivity contribution in [1.82, 2.24) is 0 Å². The van der Waals surface area contributed by atoms with Gasteiger partial charge in [0.25, 0.3) is 0 Å². The van der Waals surface area contributed by atoms with Crippen LogP contribution in [0.4, 0.5) is 5.69 Å². The molecule has 1 aliphatic carbocycles. The highest BCUT2D eigenvalue weighted by Gasteiger charge is 2.20. The molecule has 1 heterocycles. The minimum atomic E-state index is 0.684. The molecule has 0 aliphatic heterocycles. The summed E-state index contributed by atoms with van der Waals surface area (Å²) in [7, 11) is 0. The first-order chi connectivity index (χ1) is 9.35. The summed E-state index contributed by atoms with van der Waals surface area (Å²) >= 11 is 1.82. The Kier molecular flexibility index (Phi) is 4.07. The van der Waals surface area contributed by atoms with Gasteiger partial charge in [-0.3, -0.25) is 0 Å². The van der Waals surface area contributed by atoms with Crippen LogP contribution < -0.4 is 5.32 Å². The molecule has 0 bridgehead atoms. The van der Waals surface area contributed by atoms with Crippen molar-refractivity contribution >= 4 is 27.1 Å². The second-order valence-corrected chi connectivity index (χ2v) is 6.77. The molecule has 0 unspecified atom stereocenters. The van der Waals surface area contributed by atoms with Crippen molar-refractivity contribution in [3.05, 3.63) is 29.6 Å². The second-order valence-electron chi connectivity index (χ2n) is 5.82. The van der Waals surface area contributed by atoms with Gasteiger partial charge in [0.1, 0.15) is 0 Å². The van der Waals surface area contributed by atoms with Crippen LogP contribution in [0.15, 0.2) is 29.6 Å². The number of thiophene rings is 1. The summed E-state index contributed by atoms with van der Waals surface area (Å²) in [4.78, 5) is 0. The van der Waals surface area contributed by atoms with E-state index in [1.54, 1.807) is 0 Å². The van der Waals surface area contributed by atoms with Crippen molar-refractivity contribution in [2.24, 2.45) is 5.92 Å². The van der Waals surface area contributed by atoms with Crippen LogP contribution in [0.25, 0.3) is 10.1 Å². The number of rotatable bonds is 4. The van der Waals surface area contributed by atoms with E-state index in [9.17, 15) is 0 Å². The molecule has 3 rings (SSSR count). The highest BCUT2D eigenvalue weighted by molar-refractivity contribution is 7.17. The first-order valence-electron chi connectivity index (χ1n) is 7.59. The number of fused-ring (bicyclic) bond motifs is 1. The molecule has 0 radical (unpaired) electrons. The minimum absolute atomic E-state index is 0.684. The Labute approximate surface area is 120 Å². The quantitative estimate of drug-likeness (QED) is 0.756. The van der Waals surface area contributed by atoms with E-state index in [1.165, 1.54) is 54.3 Å². The zero-order valence-corrected chi connectivity index (χ0v) is 12.5. The Bertz CT molecular complexity index is 523. The molecule has 1 fully saturated rings. The van der Waals surface area contributed by atoms with E-state index in [4.69, 9.17) is 0 Å². The number of hydrogen-bond donors (Lipinski definition) is 1. The predicted molar refractivity (Wildman–Crippen MR) is 86.1 cm³/mol. The van der Waals surface area contributed by atoms with Crippen LogP contribution in [0.1, 0.15) is 45.4 Å². The highest BCUT2D eigenvalue weighted by Crippen LogP contribution is 2.30. The molecule has 0 atom stereocenters. The van der Waals surface area contributed by atoms with E-state index in [0.717, 1.165) is 5.92 Å². The molecular weight excluding hydrogens is 250 g/mol. The topological polar surface area (TPSA) is 12.0 Å². The molecular formula is C17H23NS. The molecule has 1 saturated carbocycles. The van der Waals surface area contributed by atoms with Gasteiger partial charge in [-0.15, -0.1) is 11.3 Å². The van der Waals surface area contributed by atoms with E-state index in [2.05, 4.69) is 41.9 Å². The predicted octanol–water partition coefficient (Wildman–Crippen LogP) is 5.67. The van der Waals surface area contributed by atoms with Crippen molar-refractivity contribution in [3.8, 4) is 0 Å². The van der Waals surface area contributed by atoms with Gasteiger partial charge in [0.15, 0.2) is 0 Å². The largest absolute Gasteiger partial charge is 0.382 e. The van der Waals surface area contributed by atoms with Crippen LogP contribution in [-0.2, 0) is 0 Å². The molecule has 1 aromatic carbocycles. The number of nitrogens with one attached hydrogen (secondary N) is 1. The first kappa shape index (κ1) is 13.0. The molecule has 1 aliphatic rings. The number of anilines is 1. The smallest absolute Gasteiger partial charge is 0.0349 e. The summed E-state index contributed by atoms with van der Waals surface area (Å²) in [6.45, 7) is 2.31. The van der Waals surface area contributed by atoms with Crippen molar-refractivity contribution in [3.63, 3.8) is 0 Å². The van der Waals surface area contributed by atoms with E-state index < -0.39 is 0 Å². The summed E-state index contributed by atoms with van der Waals surface area (Å²) in [5.41, 5.74) is 1.30. The second kappa shape index (κ2) is 5.96. The third kappa shape index (κ3) is 3.11. The van der Waals surface area contributed by atoms with Crippen molar-refractivity contribution in [2.45, 2.75) is 51.5 Å². The van der Waals surface area contributed by atoms with Crippen molar-refractivity contribution in [2.75, 3.05) is 5.32 Å². The molecule has 0 saturated heterocycles. The van der Waals surface area contributed by atoms with Gasteiger partial charge < -0.3 is 5.32 Å². The van der Waals surface area contributed by atoms with E-state index >= 15 is 0 Å². The molecule has 1 N–H and O–H groups in total. The number of hydrogen-bond acceptors (Lipinski definition) is 2. The van der Waals surface area contributed by atoms with Gasteiger partial charge in [-0.05, 0) is 66.6 Å². The molecule has 19 heavy (non-hydrogen) atoms. The molecule has 102 valence electrons. The lowest BCUT2D eigenvalue weighted by molar-refractivity contribution is 0.319. The van der Waals surface area contributed by atoms with Crippen LogP contribution in [0.3, 0.4) is 0 Å². The summed E-state index contributed by atoms with van der Waals surface area (Å²) in [5, 5.41) is 7.27. The van der Waals surface area contributed by atoms with Gasteiger partial charge >= 0.3 is 0 Å². The van der Waals surface area contributed by atoms with Crippen LogP contribution in [-0.4, -0.2) is 6.04 Å². The summed E-state index contributed by atoms with van der Waals surface area (Å²) in [5.74, 6) is 0.988. The van der Waals surface area contributed by atoms with Gasteiger partial charge in [-0.2, -0.15) is 0 Å². The third-order valence-electron chi connectivity index (χ3n) is 4.37. The summed E-state index contributed by atoms with van der Waals surface area (Å²) < 4.78 is 1.39. The minimum Gasteiger partial charge on any atom is -0.382 e. The average molecular weight is 273 g/mol. The van der Waals surface area contributed by atoms with Crippen LogP contribution in [0.2, 0.25) is 0 Å². The van der Waals surface area contributed by atoms with E-state index in [1.807, 2.05) is 11.3 Å². The molecule has 2 aromatic rings. The Balaban J connectivity index is 1.59. The lowest BCUT2D eigenvalue weighted by Crippen LogP contribution is -2.26. The Hall–Kier alpha value is -1.02. The van der Waals surface area contributed by atoms with E-state index in [-0.39, 0.29) is 0 Å². The van der Waals surface area contributed by atoms with Gasteiger partial charge in [-0.1, -0.05) is 19.8 Å². The third-order valence-corrected chi connectivity index (χ3v) is 5.26. The van der Waals surface area contributed by atoms with Crippen molar-refractivity contribution in [1.29, 1.82) is 0 Å². The standard InChI is InChI=1S/C17H23NS/c1-2-3-13-4-6-15(7-5-13)18-16-8-9-17-14(12-16)10-11-19-17/h8-13,15,18H,2-7H2,1H3. The van der Waals surface area contributed by atoms with Gasteiger partial charge in [0, 0.05) is 16.4 Å². The summed E-state index contributed by atoms with van der Waals surface area (Å²) in [6.07, 6.45) is 8.27. The molecule has 1 aromatic heterocycles. The van der Waals surface area contributed by atoms with Crippen LogP contribution in [0, 0.1) is 5.92 Å². The highest BCUT2D eigenvalue weighted by atomic mass is 32.1. The number of benzene rings is 1.